The molecule has 2 fully saturated rings. The first-order chi connectivity index (χ1) is 28.3. The van der Waals surface area contributed by atoms with Crippen LogP contribution in [0.15, 0.2) is 64.4 Å². The van der Waals surface area contributed by atoms with Crippen LogP contribution >= 0.6 is 23.4 Å². The number of nitrogens with one attached hydrogen (secondary N) is 1. The summed E-state index contributed by atoms with van der Waals surface area (Å²) < 4.78 is 23.1. The number of carbonyl (C=O) groups is 5. The third-order valence-corrected chi connectivity index (χ3v) is 12.5. The summed E-state index contributed by atoms with van der Waals surface area (Å²) in [6.07, 6.45) is 1.24. The molecule has 58 heavy (non-hydrogen) atoms. The van der Waals surface area contributed by atoms with Crippen LogP contribution in [0.2, 0.25) is 5.02 Å². The minimum absolute atomic E-state index is 0.000102. The number of piperazine rings is 1. The molecule has 2 bridgehead atoms. The number of para-hydroxylation sites is 1. The lowest BCUT2D eigenvalue weighted by molar-refractivity contribution is -0.136. The van der Waals surface area contributed by atoms with Crippen molar-refractivity contribution in [2.24, 2.45) is 0 Å². The molecule has 306 valence electrons. The number of carbonyl (C=O) groups excluding carboxylic acids is 5. The lowest BCUT2D eigenvalue weighted by atomic mass is 9.93. The number of piperidine rings is 1. The van der Waals surface area contributed by atoms with Gasteiger partial charge in [-0.25, -0.2) is 0 Å². The molecule has 1 N–H and O–H groups in total. The number of rotatable bonds is 6. The van der Waals surface area contributed by atoms with Crippen LogP contribution in [0.1, 0.15) is 56.8 Å². The minimum Gasteiger partial charge on any atom is -0.491 e. The number of anilines is 2. The maximum atomic E-state index is 14.9. The molecule has 3 aromatic rings. The first kappa shape index (κ1) is 40.4. The molecule has 8 rings (SSSR count). The molecule has 5 heterocycles. The molecule has 5 aliphatic heterocycles. The summed E-state index contributed by atoms with van der Waals surface area (Å²) in [6.45, 7) is 6.42. The Hall–Kier alpha value is -4.35. The largest absolute Gasteiger partial charge is 0.491 e. The van der Waals surface area contributed by atoms with Crippen molar-refractivity contribution < 1.29 is 42.9 Å². The Morgan fingerprint density at radius 2 is 1.41 bits per heavy atom. The quantitative estimate of drug-likeness (QED) is 0.350. The van der Waals surface area contributed by atoms with E-state index in [0.29, 0.717) is 51.0 Å². The van der Waals surface area contributed by atoms with E-state index in [0.717, 1.165) is 43.2 Å². The summed E-state index contributed by atoms with van der Waals surface area (Å²) in [5.41, 5.74) is 2.27. The fraction of sp³-hybridized carbons (Fsp3) is 0.452. The number of hydrogen-bond acceptors (Lipinski definition) is 13. The summed E-state index contributed by atoms with van der Waals surface area (Å²) in [6, 6.07) is 15.6. The molecule has 0 aromatic heterocycles. The van der Waals surface area contributed by atoms with E-state index in [1.54, 1.807) is 11.8 Å². The molecule has 0 saturated carbocycles. The lowest BCUT2D eigenvalue weighted by Crippen LogP contribution is -2.54. The Kier molecular flexibility index (Phi) is 12.7. The van der Waals surface area contributed by atoms with Gasteiger partial charge in [-0.05, 0) is 68.3 Å². The number of halogens is 1. The molecule has 0 radical (unpaired) electrons. The summed E-state index contributed by atoms with van der Waals surface area (Å²) >= 11 is 8.20. The molecule has 5 aliphatic rings. The molecule has 0 spiro atoms. The second kappa shape index (κ2) is 18.3. The van der Waals surface area contributed by atoms with E-state index in [1.165, 1.54) is 27.6 Å². The normalized spacial score (nSPS) is 22.8. The van der Waals surface area contributed by atoms with Gasteiger partial charge in [0, 0.05) is 66.1 Å². The van der Waals surface area contributed by atoms with Crippen molar-refractivity contribution in [3.8, 4) is 5.75 Å². The van der Waals surface area contributed by atoms with Gasteiger partial charge < -0.3 is 28.7 Å². The predicted molar refractivity (Wildman–Crippen MR) is 215 cm³/mol. The first-order valence-electron chi connectivity index (χ1n) is 19.9. The third kappa shape index (κ3) is 8.67. The van der Waals surface area contributed by atoms with Crippen LogP contribution in [0.4, 0.5) is 11.4 Å². The highest BCUT2D eigenvalue weighted by molar-refractivity contribution is 7.99. The number of fused-ring (bicyclic) bond motifs is 6. The van der Waals surface area contributed by atoms with Gasteiger partial charge in [-0.2, -0.15) is 0 Å². The molecule has 2 saturated heterocycles. The third-order valence-electron chi connectivity index (χ3n) is 11.2. The van der Waals surface area contributed by atoms with Crippen LogP contribution in [-0.4, -0.2) is 142 Å². The molecular formula is C42H46ClN5O9S. The zero-order chi connectivity index (χ0) is 40.2. The zero-order valence-corrected chi connectivity index (χ0v) is 33.7. The number of amides is 4. The van der Waals surface area contributed by atoms with Gasteiger partial charge in [0.2, 0.25) is 11.8 Å². The number of nitrogens with zero attached hydrogens (tertiary/aromatic N) is 4. The van der Waals surface area contributed by atoms with Gasteiger partial charge in [-0.15, -0.1) is 0 Å². The molecule has 16 heteroatoms. The SMILES string of the molecule is O=C1CCC(N2C(=O)c3cc4cc(c3C2=O)C(=O)C(N2CCN(CCCN3c5ccccc5Sc5ccc(Cl)cc53)CC2)CCOCCOCCOCCO4)C(=O)N1. The summed E-state index contributed by atoms with van der Waals surface area (Å²) in [5, 5.41) is 2.94. The van der Waals surface area contributed by atoms with Crippen molar-refractivity contribution in [3.63, 3.8) is 0 Å². The average molecular weight is 832 g/mol. The number of ketones is 1. The lowest BCUT2D eigenvalue weighted by Gasteiger charge is -2.39. The van der Waals surface area contributed by atoms with Crippen molar-refractivity contribution in [1.29, 1.82) is 0 Å². The minimum atomic E-state index is -1.17. The van der Waals surface area contributed by atoms with E-state index in [9.17, 15) is 24.0 Å². The van der Waals surface area contributed by atoms with Crippen molar-refractivity contribution in [2.75, 3.05) is 90.4 Å². The van der Waals surface area contributed by atoms with Gasteiger partial charge in [0.05, 0.1) is 61.6 Å². The highest BCUT2D eigenvalue weighted by Crippen LogP contribution is 2.48. The monoisotopic (exact) mass is 831 g/mol. The maximum absolute atomic E-state index is 14.9. The summed E-state index contributed by atoms with van der Waals surface area (Å²) in [4.78, 5) is 77.9. The zero-order valence-electron chi connectivity index (χ0n) is 32.1. The second-order valence-electron chi connectivity index (χ2n) is 14.8. The highest BCUT2D eigenvalue weighted by atomic mass is 35.5. The smallest absolute Gasteiger partial charge is 0.263 e. The van der Waals surface area contributed by atoms with Crippen molar-refractivity contribution >= 4 is 64.1 Å². The van der Waals surface area contributed by atoms with E-state index in [4.69, 9.17) is 30.5 Å². The molecule has 4 amide bonds. The van der Waals surface area contributed by atoms with Gasteiger partial charge >= 0.3 is 0 Å². The van der Waals surface area contributed by atoms with Crippen LogP contribution in [0.5, 0.6) is 5.75 Å². The maximum Gasteiger partial charge on any atom is 0.263 e. The Bertz CT molecular complexity index is 2080. The van der Waals surface area contributed by atoms with Gasteiger partial charge in [0.15, 0.2) is 5.78 Å². The van der Waals surface area contributed by atoms with Gasteiger partial charge in [0.25, 0.3) is 11.8 Å². The highest BCUT2D eigenvalue weighted by Gasteiger charge is 2.47. The average Bonchev–Trinajstić information content (AvgIpc) is 3.47. The van der Waals surface area contributed by atoms with Crippen LogP contribution < -0.4 is 15.0 Å². The van der Waals surface area contributed by atoms with Gasteiger partial charge in [-0.1, -0.05) is 35.5 Å². The Morgan fingerprint density at radius 1 is 0.707 bits per heavy atom. The standard InChI is InChI=1S/C42H46ClN5O9S/c43-27-6-8-36-34(24-27)47(31-4-1-2-5-35(31)58-36)12-3-11-45-13-15-46(16-14-45)32-10-17-54-18-19-55-20-21-56-22-23-57-28-25-29(39(32)50)38-30(26-28)41(52)48(42(38)53)33-7-9-37(49)44-40(33)51/h1-2,4-6,8,24-26,32-33H,3,7,9-23H2,(H,44,49,51). The van der Waals surface area contributed by atoms with Crippen LogP contribution in [-0.2, 0) is 23.8 Å². The molecule has 2 atom stereocenters. The van der Waals surface area contributed by atoms with Crippen molar-refractivity contribution in [3.05, 3.63) is 76.3 Å². The fourth-order valence-electron chi connectivity index (χ4n) is 8.26. The van der Waals surface area contributed by atoms with Crippen molar-refractivity contribution in [1.82, 2.24) is 20.0 Å². The number of ether oxygens (including phenoxy) is 4. The van der Waals surface area contributed by atoms with E-state index in [-0.39, 0.29) is 60.9 Å². The Morgan fingerprint density at radius 3 is 2.19 bits per heavy atom. The Balaban J connectivity index is 0.996. The molecule has 14 nitrogen and oxygen atoms in total. The first-order valence-corrected chi connectivity index (χ1v) is 21.1. The second-order valence-corrected chi connectivity index (χ2v) is 16.3. The number of benzene rings is 3. The van der Waals surface area contributed by atoms with E-state index in [2.05, 4.69) is 50.3 Å². The van der Waals surface area contributed by atoms with Crippen LogP contribution in [0, 0.1) is 0 Å². The van der Waals surface area contributed by atoms with Gasteiger partial charge in [0.1, 0.15) is 18.4 Å². The summed E-state index contributed by atoms with van der Waals surface area (Å²) in [7, 11) is 0. The van der Waals surface area contributed by atoms with E-state index < -0.39 is 35.7 Å². The molecular weight excluding hydrogens is 786 g/mol. The molecule has 0 aliphatic carbocycles. The van der Waals surface area contributed by atoms with E-state index >= 15 is 0 Å². The number of Topliss-reactive ketones (excluding diaryl/α,β-unsaturated/α-hetero) is 1. The van der Waals surface area contributed by atoms with Crippen LogP contribution in [0.25, 0.3) is 0 Å². The number of hydrogen-bond donors (Lipinski definition) is 1. The summed E-state index contributed by atoms with van der Waals surface area (Å²) in [5.74, 6) is -2.74. The van der Waals surface area contributed by atoms with Gasteiger partial charge in [-0.3, -0.25) is 39.1 Å². The predicted octanol–water partition coefficient (Wildman–Crippen LogP) is 4.44. The van der Waals surface area contributed by atoms with Crippen LogP contribution in [0.3, 0.4) is 0 Å². The topological polar surface area (TPSA) is 147 Å². The number of imide groups is 2. The Labute approximate surface area is 346 Å². The molecule has 3 aromatic carbocycles. The molecule has 2 unspecified atom stereocenters. The van der Waals surface area contributed by atoms with Crippen molar-refractivity contribution in [2.45, 2.75) is 47.6 Å². The van der Waals surface area contributed by atoms with E-state index in [1.807, 2.05) is 12.1 Å². The fourth-order valence-corrected chi connectivity index (χ4v) is 9.50.